The number of aromatic nitrogens is 3. The number of fused-ring (bicyclic) bond motifs is 1. The van der Waals surface area contributed by atoms with E-state index in [0.717, 1.165) is 10.9 Å². The molecule has 2 heterocycles. The van der Waals surface area contributed by atoms with Crippen molar-refractivity contribution in [2.24, 2.45) is 0 Å². The van der Waals surface area contributed by atoms with Gasteiger partial charge in [0, 0.05) is 35.3 Å². The fourth-order valence-electron chi connectivity index (χ4n) is 3.00. The van der Waals surface area contributed by atoms with E-state index in [9.17, 15) is 0 Å². The molecule has 8 heteroatoms. The minimum absolute atomic E-state index is 0.490. The average Bonchev–Trinajstić information content (AvgIpc) is 2.76. The van der Waals surface area contributed by atoms with Crippen LogP contribution in [0.25, 0.3) is 22.3 Å². The summed E-state index contributed by atoms with van der Waals surface area (Å²) in [7, 11) is 0. The Morgan fingerprint density at radius 3 is 2.50 bits per heavy atom. The number of halogens is 2. The van der Waals surface area contributed by atoms with Gasteiger partial charge < -0.3 is 10.6 Å². The van der Waals surface area contributed by atoms with Crippen molar-refractivity contribution in [2.45, 2.75) is 0 Å². The number of nitriles is 1. The summed E-state index contributed by atoms with van der Waals surface area (Å²) in [4.78, 5) is 13.6. The van der Waals surface area contributed by atoms with Crippen LogP contribution in [-0.2, 0) is 0 Å². The Bertz CT molecular complexity index is 1250. The predicted octanol–water partition coefficient (Wildman–Crippen LogP) is 5.39. The summed E-state index contributed by atoms with van der Waals surface area (Å²) in [6.45, 7) is 1.12. The summed E-state index contributed by atoms with van der Waals surface area (Å²) in [5.74, 6) is 1.77. The van der Waals surface area contributed by atoms with Crippen LogP contribution in [0, 0.1) is 11.3 Å². The lowest BCUT2D eigenvalue weighted by molar-refractivity contribution is 1.04. The fraction of sp³-hybridized carbons (Fsp3) is 0.0909. The average molecular weight is 435 g/mol. The smallest absolute Gasteiger partial charge is 0.163 e. The quantitative estimate of drug-likeness (QED) is 0.395. The Labute approximate surface area is 183 Å². The Morgan fingerprint density at radius 1 is 0.900 bits per heavy atom. The molecule has 148 valence electrons. The zero-order chi connectivity index (χ0) is 20.9. The van der Waals surface area contributed by atoms with Crippen molar-refractivity contribution in [3.05, 3.63) is 76.4 Å². The molecule has 0 aliphatic heterocycles. The highest BCUT2D eigenvalue weighted by Gasteiger charge is 2.12. The van der Waals surface area contributed by atoms with Crippen LogP contribution >= 0.6 is 23.2 Å². The topological polar surface area (TPSA) is 86.5 Å². The first-order chi connectivity index (χ1) is 14.7. The molecule has 2 aromatic heterocycles. The van der Waals surface area contributed by atoms with Gasteiger partial charge in [-0.2, -0.15) is 5.26 Å². The van der Waals surface area contributed by atoms with Crippen molar-refractivity contribution in [3.63, 3.8) is 0 Å². The number of pyridine rings is 1. The highest BCUT2D eigenvalue weighted by molar-refractivity contribution is 6.36. The summed E-state index contributed by atoms with van der Waals surface area (Å²) >= 11 is 12.4. The van der Waals surface area contributed by atoms with Gasteiger partial charge >= 0.3 is 0 Å². The minimum Gasteiger partial charge on any atom is -0.368 e. The van der Waals surface area contributed by atoms with Gasteiger partial charge in [-0.15, -0.1) is 0 Å². The molecule has 2 aromatic carbocycles. The lowest BCUT2D eigenvalue weighted by Gasteiger charge is -2.12. The third kappa shape index (κ3) is 4.28. The number of hydrogen-bond acceptors (Lipinski definition) is 6. The molecule has 0 amide bonds. The Morgan fingerprint density at radius 2 is 1.70 bits per heavy atom. The first-order valence-electron chi connectivity index (χ1n) is 9.21. The maximum Gasteiger partial charge on any atom is 0.163 e. The molecule has 0 atom stereocenters. The van der Waals surface area contributed by atoms with Crippen molar-refractivity contribution in [3.8, 4) is 17.5 Å². The number of hydrogen-bond donors (Lipinski definition) is 2. The van der Waals surface area contributed by atoms with Gasteiger partial charge in [0.1, 0.15) is 17.7 Å². The summed E-state index contributed by atoms with van der Waals surface area (Å²) in [5, 5.41) is 17.6. The van der Waals surface area contributed by atoms with Crippen molar-refractivity contribution in [1.29, 1.82) is 5.26 Å². The summed E-state index contributed by atoms with van der Waals surface area (Å²) in [5.41, 5.74) is 2.02. The molecule has 0 bridgehead atoms. The molecular weight excluding hydrogens is 419 g/mol. The van der Waals surface area contributed by atoms with Crippen LogP contribution in [0.5, 0.6) is 0 Å². The molecule has 0 unspecified atom stereocenters. The van der Waals surface area contributed by atoms with Crippen molar-refractivity contribution >= 4 is 45.7 Å². The maximum atomic E-state index is 9.17. The van der Waals surface area contributed by atoms with E-state index in [1.807, 2.05) is 30.3 Å². The molecule has 30 heavy (non-hydrogen) atoms. The van der Waals surface area contributed by atoms with Gasteiger partial charge in [-0.3, -0.25) is 0 Å². The third-order valence-electron chi connectivity index (χ3n) is 4.41. The number of nitrogens with one attached hydrogen (secondary N) is 2. The van der Waals surface area contributed by atoms with E-state index < -0.39 is 0 Å². The van der Waals surface area contributed by atoms with E-state index in [1.165, 1.54) is 0 Å². The zero-order valence-electron chi connectivity index (χ0n) is 15.7. The molecule has 0 radical (unpaired) electrons. The van der Waals surface area contributed by atoms with Gasteiger partial charge in [-0.1, -0.05) is 35.3 Å². The molecule has 2 N–H and O–H groups in total. The highest BCUT2D eigenvalue weighted by Crippen LogP contribution is 2.31. The second kappa shape index (κ2) is 8.95. The predicted molar refractivity (Wildman–Crippen MR) is 121 cm³/mol. The molecule has 0 saturated heterocycles. The van der Waals surface area contributed by atoms with Gasteiger partial charge in [0.2, 0.25) is 0 Å². The number of para-hydroxylation sites is 1. The second-order valence-electron chi connectivity index (χ2n) is 6.40. The Balaban J connectivity index is 1.58. The normalized spacial score (nSPS) is 10.6. The minimum atomic E-state index is 0.490. The van der Waals surface area contributed by atoms with E-state index in [-0.39, 0.29) is 0 Å². The van der Waals surface area contributed by atoms with E-state index in [0.29, 0.717) is 51.7 Å². The van der Waals surface area contributed by atoms with Crippen LogP contribution in [0.15, 0.2) is 60.8 Å². The second-order valence-corrected chi connectivity index (χ2v) is 7.25. The largest absolute Gasteiger partial charge is 0.368 e. The van der Waals surface area contributed by atoms with Crippen LogP contribution in [0.1, 0.15) is 5.56 Å². The standard InChI is InChI=1S/C22H16Cl2N6/c23-15-7-8-16(18(24)12-15)22-29-19-6-2-1-5-17(19)21(30-22)28-11-10-27-20-14(13-25)4-3-9-26-20/h1-9,12H,10-11H2,(H,26,27)(H,28,29,30). The molecule has 4 aromatic rings. The van der Waals surface area contributed by atoms with Crippen LogP contribution in [-0.4, -0.2) is 28.0 Å². The molecular formula is C22H16Cl2N6. The van der Waals surface area contributed by atoms with Gasteiger partial charge in [0.05, 0.1) is 16.1 Å². The third-order valence-corrected chi connectivity index (χ3v) is 4.96. The first-order valence-corrected chi connectivity index (χ1v) is 9.96. The van der Waals surface area contributed by atoms with Gasteiger partial charge in [-0.25, -0.2) is 15.0 Å². The number of benzene rings is 2. The van der Waals surface area contributed by atoms with Crippen LogP contribution < -0.4 is 10.6 Å². The summed E-state index contributed by atoms with van der Waals surface area (Å²) in [6.07, 6.45) is 1.65. The number of anilines is 2. The maximum absolute atomic E-state index is 9.17. The van der Waals surface area contributed by atoms with Crippen LogP contribution in [0.4, 0.5) is 11.6 Å². The molecule has 0 aliphatic carbocycles. The van der Waals surface area contributed by atoms with Crippen molar-refractivity contribution in [1.82, 2.24) is 15.0 Å². The molecule has 6 nitrogen and oxygen atoms in total. The van der Waals surface area contributed by atoms with E-state index >= 15 is 0 Å². The summed E-state index contributed by atoms with van der Waals surface area (Å²) in [6, 6.07) is 18.6. The molecule has 4 rings (SSSR count). The van der Waals surface area contributed by atoms with Gasteiger partial charge in [0.15, 0.2) is 5.82 Å². The lowest BCUT2D eigenvalue weighted by atomic mass is 10.2. The molecule has 0 spiro atoms. The van der Waals surface area contributed by atoms with Gasteiger partial charge in [-0.05, 0) is 42.5 Å². The van der Waals surface area contributed by atoms with E-state index in [2.05, 4.69) is 26.7 Å². The SMILES string of the molecule is N#Cc1cccnc1NCCNc1nc(-c2ccc(Cl)cc2Cl)nc2ccccc12. The Kier molecular flexibility index (Phi) is 5.94. The van der Waals surface area contributed by atoms with Crippen LogP contribution in [0.2, 0.25) is 10.0 Å². The van der Waals surface area contributed by atoms with Crippen molar-refractivity contribution in [2.75, 3.05) is 23.7 Å². The fourth-order valence-corrected chi connectivity index (χ4v) is 3.49. The van der Waals surface area contributed by atoms with E-state index in [1.54, 1.807) is 30.5 Å². The van der Waals surface area contributed by atoms with Crippen LogP contribution in [0.3, 0.4) is 0 Å². The van der Waals surface area contributed by atoms with E-state index in [4.69, 9.17) is 33.4 Å². The zero-order valence-corrected chi connectivity index (χ0v) is 17.2. The first kappa shape index (κ1) is 19.9. The highest BCUT2D eigenvalue weighted by atomic mass is 35.5. The monoisotopic (exact) mass is 434 g/mol. The lowest BCUT2D eigenvalue weighted by Crippen LogP contribution is -2.16. The number of rotatable bonds is 6. The Hall–Kier alpha value is -3.40. The molecule has 0 fully saturated rings. The summed E-state index contributed by atoms with van der Waals surface area (Å²) < 4.78 is 0. The number of nitrogens with zero attached hydrogens (tertiary/aromatic N) is 4. The van der Waals surface area contributed by atoms with Crippen molar-refractivity contribution < 1.29 is 0 Å². The molecule has 0 aliphatic rings. The van der Waals surface area contributed by atoms with Gasteiger partial charge in [0.25, 0.3) is 0 Å². The molecule has 0 saturated carbocycles.